The van der Waals surface area contributed by atoms with Crippen LogP contribution in [0.4, 0.5) is 0 Å². The zero-order valence-corrected chi connectivity index (χ0v) is 15.2. The number of hydrogen-bond donors (Lipinski definition) is 2. The Bertz CT molecular complexity index is 265. The molecule has 1 aliphatic rings. The quantitative estimate of drug-likeness (QED) is 0.734. The Kier molecular flexibility index (Phi) is 13.8. The van der Waals surface area contributed by atoms with E-state index in [-0.39, 0.29) is 36.8 Å². The Labute approximate surface area is 141 Å². The number of amides is 1. The lowest BCUT2D eigenvalue weighted by atomic mass is 10.2. The molecule has 1 heterocycles. The van der Waals surface area contributed by atoms with Gasteiger partial charge in [0.2, 0.25) is 5.91 Å². The summed E-state index contributed by atoms with van der Waals surface area (Å²) in [6, 6.07) is 1.01. The van der Waals surface area contributed by atoms with Gasteiger partial charge >= 0.3 is 0 Å². The van der Waals surface area contributed by atoms with Crippen molar-refractivity contribution in [1.82, 2.24) is 15.5 Å². The van der Waals surface area contributed by atoms with Crippen LogP contribution in [0.1, 0.15) is 34.1 Å². The van der Waals surface area contributed by atoms with Gasteiger partial charge in [-0.3, -0.25) is 9.69 Å². The fourth-order valence-electron chi connectivity index (χ4n) is 2.47. The maximum absolute atomic E-state index is 11.8. The van der Waals surface area contributed by atoms with Gasteiger partial charge in [-0.25, -0.2) is 0 Å². The average Bonchev–Trinajstić information content (AvgIpc) is 2.34. The molecule has 2 N–H and O–H groups in total. The minimum Gasteiger partial charge on any atom is -0.375 e. The van der Waals surface area contributed by atoms with Crippen LogP contribution in [0, 0.1) is 0 Å². The van der Waals surface area contributed by atoms with Gasteiger partial charge in [-0.1, -0.05) is 0 Å². The number of hydrogen-bond acceptors (Lipinski definition) is 4. The molecule has 0 saturated carbocycles. The molecule has 0 aromatic heterocycles. The molecular weight excluding hydrogens is 313 g/mol. The first-order valence-electron chi connectivity index (χ1n) is 7.35. The first-order valence-corrected chi connectivity index (χ1v) is 7.35. The Morgan fingerprint density at radius 3 is 2.38 bits per heavy atom. The normalized spacial score (nSPS) is 18.3. The molecule has 0 aliphatic carbocycles. The fourth-order valence-corrected chi connectivity index (χ4v) is 2.47. The van der Waals surface area contributed by atoms with Crippen LogP contribution in [-0.2, 0) is 9.53 Å². The number of morpholine rings is 1. The maximum Gasteiger partial charge on any atom is 0.222 e. The minimum atomic E-state index is 0. The molecule has 1 rings (SSSR count). The maximum atomic E-state index is 11.8. The summed E-state index contributed by atoms with van der Waals surface area (Å²) < 4.78 is 5.52. The van der Waals surface area contributed by atoms with Crippen LogP contribution in [-0.4, -0.2) is 61.8 Å². The van der Waals surface area contributed by atoms with Gasteiger partial charge in [0.25, 0.3) is 0 Å². The number of nitrogens with one attached hydrogen (secondary N) is 2. The molecule has 0 aromatic carbocycles. The molecule has 128 valence electrons. The zero-order valence-electron chi connectivity index (χ0n) is 13.6. The van der Waals surface area contributed by atoms with E-state index in [1.54, 1.807) is 0 Å². The van der Waals surface area contributed by atoms with Crippen molar-refractivity contribution < 1.29 is 9.53 Å². The van der Waals surface area contributed by atoms with E-state index in [2.05, 4.69) is 43.2 Å². The summed E-state index contributed by atoms with van der Waals surface area (Å²) in [7, 11) is 0. The Balaban J connectivity index is 0. The molecule has 1 amide bonds. The predicted octanol–water partition coefficient (Wildman–Crippen LogP) is 1.44. The number of halogens is 2. The highest BCUT2D eigenvalue weighted by molar-refractivity contribution is 5.85. The summed E-state index contributed by atoms with van der Waals surface area (Å²) in [5.74, 6) is 0.0844. The van der Waals surface area contributed by atoms with Gasteiger partial charge in [-0.15, -0.1) is 24.8 Å². The van der Waals surface area contributed by atoms with E-state index in [1.165, 1.54) is 0 Å². The van der Waals surface area contributed by atoms with Gasteiger partial charge in [-0.05, 0) is 27.7 Å². The number of ether oxygens (including phenoxy) is 1. The van der Waals surface area contributed by atoms with Crippen molar-refractivity contribution in [2.24, 2.45) is 0 Å². The molecule has 5 nitrogen and oxygen atoms in total. The van der Waals surface area contributed by atoms with Crippen LogP contribution in [0.15, 0.2) is 0 Å². The minimum absolute atomic E-state index is 0. The molecule has 1 aliphatic heterocycles. The van der Waals surface area contributed by atoms with Crippen molar-refractivity contribution in [3.05, 3.63) is 0 Å². The first kappa shape index (κ1) is 23.2. The lowest BCUT2D eigenvalue weighted by molar-refractivity contribution is -0.124. The summed E-state index contributed by atoms with van der Waals surface area (Å²) in [6.45, 7) is 12.7. The summed E-state index contributed by atoms with van der Waals surface area (Å²) in [5, 5.41) is 6.21. The fraction of sp³-hybridized carbons (Fsp3) is 0.929. The summed E-state index contributed by atoms with van der Waals surface area (Å²) in [6.07, 6.45) is 0.483. The van der Waals surface area contributed by atoms with E-state index >= 15 is 0 Å². The summed E-state index contributed by atoms with van der Waals surface area (Å²) >= 11 is 0. The molecule has 0 aromatic rings. The van der Waals surface area contributed by atoms with Crippen molar-refractivity contribution in [2.45, 2.75) is 52.3 Å². The molecule has 1 unspecified atom stereocenters. The van der Waals surface area contributed by atoms with Crippen LogP contribution in [0.25, 0.3) is 0 Å². The first-order chi connectivity index (χ1) is 9.00. The Morgan fingerprint density at radius 1 is 1.29 bits per heavy atom. The van der Waals surface area contributed by atoms with Crippen molar-refractivity contribution in [1.29, 1.82) is 0 Å². The van der Waals surface area contributed by atoms with E-state index in [0.717, 1.165) is 19.6 Å². The number of rotatable bonds is 7. The molecule has 0 spiro atoms. The number of nitrogens with zero attached hydrogens (tertiary/aromatic N) is 1. The second-order valence-corrected chi connectivity index (χ2v) is 5.68. The predicted molar refractivity (Wildman–Crippen MR) is 91.7 cm³/mol. The highest BCUT2D eigenvalue weighted by Gasteiger charge is 2.18. The van der Waals surface area contributed by atoms with Gasteiger partial charge in [0.05, 0.1) is 19.1 Å². The monoisotopic (exact) mass is 343 g/mol. The van der Waals surface area contributed by atoms with Gasteiger partial charge in [-0.2, -0.15) is 0 Å². The third-order valence-electron chi connectivity index (χ3n) is 3.44. The molecule has 21 heavy (non-hydrogen) atoms. The second-order valence-electron chi connectivity index (χ2n) is 5.68. The van der Waals surface area contributed by atoms with E-state index in [0.29, 0.717) is 31.7 Å². The van der Waals surface area contributed by atoms with E-state index in [1.807, 2.05) is 0 Å². The molecule has 1 atom stereocenters. The highest BCUT2D eigenvalue weighted by Crippen LogP contribution is 2.04. The van der Waals surface area contributed by atoms with Gasteiger partial charge in [0, 0.05) is 38.3 Å². The molecule has 0 bridgehead atoms. The van der Waals surface area contributed by atoms with Crippen molar-refractivity contribution in [3.8, 4) is 0 Å². The van der Waals surface area contributed by atoms with Crippen LogP contribution in [0.3, 0.4) is 0 Å². The summed E-state index contributed by atoms with van der Waals surface area (Å²) in [4.78, 5) is 14.2. The van der Waals surface area contributed by atoms with Crippen molar-refractivity contribution in [2.75, 3.05) is 32.8 Å². The summed E-state index contributed by atoms with van der Waals surface area (Å²) in [5.41, 5.74) is 0. The smallest absolute Gasteiger partial charge is 0.222 e. The number of carbonyl (C=O) groups excluding carboxylic acids is 1. The molecule has 0 radical (unpaired) electrons. The van der Waals surface area contributed by atoms with Gasteiger partial charge in [0.1, 0.15) is 0 Å². The third kappa shape index (κ3) is 9.53. The van der Waals surface area contributed by atoms with Crippen LogP contribution >= 0.6 is 24.8 Å². The molecule has 7 heteroatoms. The third-order valence-corrected chi connectivity index (χ3v) is 3.44. The van der Waals surface area contributed by atoms with Crippen LogP contribution < -0.4 is 10.6 Å². The lowest BCUT2D eigenvalue weighted by Gasteiger charge is -2.30. The van der Waals surface area contributed by atoms with Gasteiger partial charge < -0.3 is 15.4 Å². The van der Waals surface area contributed by atoms with Crippen LogP contribution in [0.2, 0.25) is 0 Å². The topological polar surface area (TPSA) is 53.6 Å². The SMILES string of the molecule is CC(C)N(CCNC(=O)CC1CNCCO1)C(C)C.Cl.Cl. The molecule has 1 saturated heterocycles. The van der Waals surface area contributed by atoms with E-state index in [9.17, 15) is 4.79 Å². The lowest BCUT2D eigenvalue weighted by Crippen LogP contribution is -2.44. The molecule has 1 fully saturated rings. The van der Waals surface area contributed by atoms with Crippen molar-refractivity contribution in [3.63, 3.8) is 0 Å². The highest BCUT2D eigenvalue weighted by atomic mass is 35.5. The Hall–Kier alpha value is -0.0700. The average molecular weight is 344 g/mol. The van der Waals surface area contributed by atoms with Crippen LogP contribution in [0.5, 0.6) is 0 Å². The van der Waals surface area contributed by atoms with E-state index in [4.69, 9.17) is 4.74 Å². The zero-order chi connectivity index (χ0) is 14.3. The second kappa shape index (κ2) is 12.5. The van der Waals surface area contributed by atoms with E-state index < -0.39 is 0 Å². The van der Waals surface area contributed by atoms with Crippen molar-refractivity contribution >= 4 is 30.7 Å². The number of carbonyl (C=O) groups is 1. The largest absolute Gasteiger partial charge is 0.375 e. The standard InChI is InChI=1S/C14H29N3O2.2ClH/c1-11(2)17(12(3)4)7-5-16-14(18)9-13-10-15-6-8-19-13;;/h11-13,15H,5-10H2,1-4H3,(H,16,18);2*1H. The molecular formula is C14H31Cl2N3O2. The Morgan fingerprint density at radius 2 is 1.90 bits per heavy atom. The van der Waals surface area contributed by atoms with Gasteiger partial charge in [0.15, 0.2) is 0 Å².